The van der Waals surface area contributed by atoms with E-state index in [2.05, 4.69) is 10.5 Å². The van der Waals surface area contributed by atoms with Gasteiger partial charge in [-0.15, -0.1) is 0 Å². The molecule has 3 rings (SSSR count). The molecule has 0 saturated heterocycles. The fourth-order valence-corrected chi connectivity index (χ4v) is 2.75. The number of rotatable bonds is 6. The van der Waals surface area contributed by atoms with E-state index in [4.69, 9.17) is 4.52 Å². The third-order valence-corrected chi connectivity index (χ3v) is 4.40. The van der Waals surface area contributed by atoms with E-state index in [-0.39, 0.29) is 18.2 Å². The summed E-state index contributed by atoms with van der Waals surface area (Å²) in [4.78, 5) is 12.1. The topological polar surface area (TPSA) is 55.1 Å². The highest BCUT2D eigenvalue weighted by atomic mass is 19.4. The van der Waals surface area contributed by atoms with Crippen LogP contribution in [-0.4, -0.2) is 11.1 Å². The number of alkyl halides is 3. The molecule has 2 aromatic rings. The van der Waals surface area contributed by atoms with Crippen LogP contribution in [0.2, 0.25) is 0 Å². The summed E-state index contributed by atoms with van der Waals surface area (Å²) in [5.41, 5.74) is 0.901. The first-order valence-corrected chi connectivity index (χ1v) is 8.22. The number of nitrogens with one attached hydrogen (secondary N) is 1. The molecule has 0 radical (unpaired) electrons. The van der Waals surface area contributed by atoms with Gasteiger partial charge in [-0.25, -0.2) is 0 Å². The largest absolute Gasteiger partial charge is 0.416 e. The molecule has 1 atom stereocenters. The molecule has 7 heteroatoms. The first kappa shape index (κ1) is 17.5. The number of halogens is 3. The maximum atomic E-state index is 12.6. The molecule has 4 nitrogen and oxygen atoms in total. The van der Waals surface area contributed by atoms with Crippen LogP contribution in [0, 0.1) is 0 Å². The highest BCUT2D eigenvalue weighted by molar-refractivity contribution is 5.76. The van der Waals surface area contributed by atoms with Gasteiger partial charge in [0.05, 0.1) is 11.8 Å². The zero-order chi connectivity index (χ0) is 18.0. The fraction of sp³-hybridized carbons (Fsp3) is 0.444. The summed E-state index contributed by atoms with van der Waals surface area (Å²) in [6.45, 7) is 2.17. The number of amides is 1. The van der Waals surface area contributed by atoms with Crippen LogP contribution >= 0.6 is 0 Å². The minimum absolute atomic E-state index is 0.157. The van der Waals surface area contributed by atoms with Gasteiger partial charge in [-0.3, -0.25) is 4.79 Å². The highest BCUT2D eigenvalue weighted by Gasteiger charge is 2.31. The standard InChI is InChI=1S/C18H19F3N2O2/c1-11(12-4-6-15(7-5-12)18(19,20)21)8-16(24)22-9-14-10-23-25-17(14)13-2-3-13/h4-7,10-11,13H,2-3,8-9H2,1H3,(H,22,24)/t11-/m1/s1. The molecule has 0 bridgehead atoms. The second-order valence-corrected chi connectivity index (χ2v) is 6.49. The molecular formula is C18H19F3N2O2. The van der Waals surface area contributed by atoms with Crippen LogP contribution in [0.4, 0.5) is 13.2 Å². The molecule has 0 spiro atoms. The van der Waals surface area contributed by atoms with Gasteiger partial charge in [0.15, 0.2) is 0 Å². The van der Waals surface area contributed by atoms with Crippen molar-refractivity contribution in [1.82, 2.24) is 10.5 Å². The van der Waals surface area contributed by atoms with Crippen molar-refractivity contribution in [1.29, 1.82) is 0 Å². The van der Waals surface area contributed by atoms with Crippen molar-refractivity contribution in [3.8, 4) is 0 Å². The molecular weight excluding hydrogens is 333 g/mol. The summed E-state index contributed by atoms with van der Waals surface area (Å²) in [7, 11) is 0. The Morgan fingerprint density at radius 1 is 1.32 bits per heavy atom. The average molecular weight is 352 g/mol. The lowest BCUT2D eigenvalue weighted by Crippen LogP contribution is -2.24. The van der Waals surface area contributed by atoms with E-state index in [9.17, 15) is 18.0 Å². The number of benzene rings is 1. The van der Waals surface area contributed by atoms with Crippen LogP contribution in [0.3, 0.4) is 0 Å². The Morgan fingerprint density at radius 2 is 2.00 bits per heavy atom. The Labute approximate surface area is 143 Å². The molecule has 1 saturated carbocycles. The number of hydrogen-bond acceptors (Lipinski definition) is 3. The number of carbonyl (C=O) groups excluding carboxylic acids is 1. The van der Waals surface area contributed by atoms with Gasteiger partial charge >= 0.3 is 6.18 Å². The van der Waals surface area contributed by atoms with Crippen molar-refractivity contribution in [3.05, 3.63) is 52.9 Å². The Hall–Kier alpha value is -2.31. The summed E-state index contributed by atoms with van der Waals surface area (Å²) >= 11 is 0. The molecule has 0 aliphatic heterocycles. The Kier molecular flexibility index (Phi) is 4.83. The molecule has 0 unspecified atom stereocenters. The van der Waals surface area contributed by atoms with E-state index >= 15 is 0 Å². The van der Waals surface area contributed by atoms with E-state index < -0.39 is 11.7 Å². The Morgan fingerprint density at radius 3 is 2.60 bits per heavy atom. The van der Waals surface area contributed by atoms with Crippen molar-refractivity contribution in [2.75, 3.05) is 0 Å². The van der Waals surface area contributed by atoms with Crippen molar-refractivity contribution < 1.29 is 22.5 Å². The summed E-state index contributed by atoms with van der Waals surface area (Å²) in [5.74, 6) is 0.930. The van der Waals surface area contributed by atoms with Crippen LogP contribution in [0.15, 0.2) is 35.0 Å². The van der Waals surface area contributed by atoms with Crippen molar-refractivity contribution in [3.63, 3.8) is 0 Å². The van der Waals surface area contributed by atoms with E-state index in [1.165, 1.54) is 12.1 Å². The lowest BCUT2D eigenvalue weighted by Gasteiger charge is -2.13. The number of hydrogen-bond donors (Lipinski definition) is 1. The zero-order valence-corrected chi connectivity index (χ0v) is 13.8. The van der Waals surface area contributed by atoms with Gasteiger partial charge in [-0.2, -0.15) is 13.2 Å². The molecule has 134 valence electrons. The van der Waals surface area contributed by atoms with Crippen molar-refractivity contribution in [2.45, 2.75) is 50.7 Å². The van der Waals surface area contributed by atoms with Crippen LogP contribution in [0.1, 0.15) is 60.5 Å². The normalized spacial score (nSPS) is 15.8. The zero-order valence-electron chi connectivity index (χ0n) is 13.8. The monoisotopic (exact) mass is 352 g/mol. The third kappa shape index (κ3) is 4.41. The highest BCUT2D eigenvalue weighted by Crippen LogP contribution is 2.41. The predicted molar refractivity (Wildman–Crippen MR) is 84.8 cm³/mol. The van der Waals surface area contributed by atoms with E-state index in [1.807, 2.05) is 6.92 Å². The maximum Gasteiger partial charge on any atom is 0.416 e. The molecule has 1 aliphatic rings. The van der Waals surface area contributed by atoms with Crippen LogP contribution < -0.4 is 5.32 Å². The minimum Gasteiger partial charge on any atom is -0.361 e. The molecule has 1 fully saturated rings. The predicted octanol–water partition coefficient (Wildman–Crippen LogP) is 4.38. The van der Waals surface area contributed by atoms with E-state index in [0.29, 0.717) is 18.0 Å². The van der Waals surface area contributed by atoms with Crippen molar-refractivity contribution in [2.24, 2.45) is 0 Å². The van der Waals surface area contributed by atoms with Crippen LogP contribution in [0.25, 0.3) is 0 Å². The second kappa shape index (κ2) is 6.90. The minimum atomic E-state index is -4.35. The SMILES string of the molecule is C[C@H](CC(=O)NCc1cnoc1C1CC1)c1ccc(C(F)(F)F)cc1. The summed E-state index contributed by atoms with van der Waals surface area (Å²) in [6.07, 6.45) is -0.359. The van der Waals surface area contributed by atoms with Gasteiger partial charge in [0, 0.05) is 24.4 Å². The van der Waals surface area contributed by atoms with Crippen LogP contribution in [0.5, 0.6) is 0 Å². The number of carbonyl (C=O) groups is 1. The van der Waals surface area contributed by atoms with Gasteiger partial charge in [0.25, 0.3) is 0 Å². The Bertz CT molecular complexity index is 734. The fourth-order valence-electron chi connectivity index (χ4n) is 2.75. The van der Waals surface area contributed by atoms with Gasteiger partial charge in [0.1, 0.15) is 5.76 Å². The molecule has 1 heterocycles. The average Bonchev–Trinajstić information content (AvgIpc) is 3.30. The number of aromatic nitrogens is 1. The smallest absolute Gasteiger partial charge is 0.361 e. The number of nitrogens with zero attached hydrogens (tertiary/aromatic N) is 1. The van der Waals surface area contributed by atoms with Gasteiger partial charge in [0.2, 0.25) is 5.91 Å². The molecule has 1 aromatic carbocycles. The summed E-state index contributed by atoms with van der Waals surface area (Å²) in [6, 6.07) is 4.93. The van der Waals surface area contributed by atoms with Gasteiger partial charge in [-0.1, -0.05) is 24.2 Å². The van der Waals surface area contributed by atoms with Gasteiger partial charge in [-0.05, 0) is 36.5 Å². The third-order valence-electron chi connectivity index (χ3n) is 4.40. The lowest BCUT2D eigenvalue weighted by atomic mass is 9.96. The second-order valence-electron chi connectivity index (χ2n) is 6.49. The maximum absolute atomic E-state index is 12.6. The first-order valence-electron chi connectivity index (χ1n) is 8.22. The summed E-state index contributed by atoms with van der Waals surface area (Å²) < 4.78 is 43.0. The molecule has 1 N–H and O–H groups in total. The molecule has 1 aromatic heterocycles. The van der Waals surface area contributed by atoms with E-state index in [0.717, 1.165) is 36.3 Å². The molecule has 25 heavy (non-hydrogen) atoms. The summed E-state index contributed by atoms with van der Waals surface area (Å²) in [5, 5.41) is 6.61. The van der Waals surface area contributed by atoms with Crippen LogP contribution in [-0.2, 0) is 17.5 Å². The lowest BCUT2D eigenvalue weighted by molar-refractivity contribution is -0.137. The quantitative estimate of drug-likeness (QED) is 0.839. The Balaban J connectivity index is 1.52. The van der Waals surface area contributed by atoms with E-state index in [1.54, 1.807) is 6.20 Å². The first-order chi connectivity index (χ1) is 11.8. The van der Waals surface area contributed by atoms with Crippen molar-refractivity contribution >= 4 is 5.91 Å². The van der Waals surface area contributed by atoms with Gasteiger partial charge < -0.3 is 9.84 Å². The molecule has 1 aliphatic carbocycles. The molecule has 1 amide bonds.